The highest BCUT2D eigenvalue weighted by atomic mass is 16.5. The molecule has 6 aliphatic rings. The van der Waals surface area contributed by atoms with Crippen LogP contribution in [0.25, 0.3) is 0 Å². The van der Waals surface area contributed by atoms with Gasteiger partial charge in [-0.1, -0.05) is 109 Å². The molecule has 6 atom stereocenters. The fraction of sp³-hybridized carbons (Fsp3) is 0.435. The molecule has 0 spiro atoms. The number of carbonyl (C=O) groups is 3. The minimum Gasteiger partial charge on any atom is -0.493 e. The maximum atomic E-state index is 12.9. The zero-order chi connectivity index (χ0) is 58.5. The number of methoxy groups -OCH3 is 6. The van der Waals surface area contributed by atoms with E-state index in [1.165, 1.54) is 55.2 Å². The second-order valence-electron chi connectivity index (χ2n) is 23.2. The molecule has 3 amide bonds. The van der Waals surface area contributed by atoms with Crippen molar-refractivity contribution in [2.24, 2.45) is 0 Å². The van der Waals surface area contributed by atoms with Gasteiger partial charge in [0, 0.05) is 74.0 Å². The van der Waals surface area contributed by atoms with E-state index >= 15 is 0 Å². The summed E-state index contributed by atoms with van der Waals surface area (Å²) in [6.45, 7) is 3.00. The number of rotatable bonds is 18. The van der Waals surface area contributed by atoms with Gasteiger partial charge in [-0.05, 0) is 130 Å². The van der Waals surface area contributed by atoms with Gasteiger partial charge in [-0.15, -0.1) is 0 Å². The quantitative estimate of drug-likeness (QED) is 0.0734. The van der Waals surface area contributed by atoms with E-state index in [0.717, 1.165) is 58.2 Å². The van der Waals surface area contributed by atoms with Crippen LogP contribution >= 0.6 is 0 Å². The van der Waals surface area contributed by atoms with Crippen LogP contribution in [-0.2, 0) is 19.6 Å². The number of hydrogen-bond donors (Lipinski definition) is 3. The van der Waals surface area contributed by atoms with Crippen LogP contribution in [0.4, 0.5) is 0 Å². The molecule has 6 unspecified atom stereocenters. The molecule has 6 bridgehead atoms. The molecule has 460 valence electrons. The van der Waals surface area contributed by atoms with Gasteiger partial charge in [0.1, 0.15) is 0 Å². The van der Waals surface area contributed by atoms with Gasteiger partial charge < -0.3 is 55.3 Å². The summed E-state index contributed by atoms with van der Waals surface area (Å²) in [5.41, 5.74) is 5.68. The summed E-state index contributed by atoms with van der Waals surface area (Å²) in [6, 6.07) is 52.1. The first-order valence-electron chi connectivity index (χ1n) is 30.0. The van der Waals surface area contributed by atoms with E-state index in [4.69, 9.17) is 28.4 Å². The van der Waals surface area contributed by atoms with Crippen molar-refractivity contribution in [3.8, 4) is 34.5 Å². The van der Waals surface area contributed by atoms with Crippen molar-refractivity contribution < 1.29 is 53.8 Å². The molecule has 6 heterocycles. The number of amides is 3. The van der Waals surface area contributed by atoms with Crippen LogP contribution in [0.1, 0.15) is 125 Å². The maximum absolute atomic E-state index is 12.9. The largest absolute Gasteiger partial charge is 0.493 e. The zero-order valence-electron chi connectivity index (χ0n) is 50.7. The van der Waals surface area contributed by atoms with E-state index in [0.29, 0.717) is 87.4 Å². The second-order valence-corrected chi connectivity index (χ2v) is 23.2. The van der Waals surface area contributed by atoms with E-state index in [-0.39, 0.29) is 46.8 Å². The van der Waals surface area contributed by atoms with E-state index < -0.39 is 0 Å². The van der Waals surface area contributed by atoms with E-state index in [9.17, 15) is 14.4 Å². The minimum atomic E-state index is -0.0864. The Morgan fingerprint density at radius 1 is 0.337 bits per heavy atom. The van der Waals surface area contributed by atoms with Crippen LogP contribution in [0.3, 0.4) is 0 Å². The van der Waals surface area contributed by atoms with Crippen LogP contribution in [0.5, 0.6) is 34.5 Å². The summed E-state index contributed by atoms with van der Waals surface area (Å²) >= 11 is 0. The third-order valence-corrected chi connectivity index (χ3v) is 18.2. The van der Waals surface area contributed by atoms with Gasteiger partial charge in [-0.2, -0.15) is 0 Å². The van der Waals surface area contributed by atoms with Crippen LogP contribution in [0.15, 0.2) is 146 Å². The van der Waals surface area contributed by atoms with Gasteiger partial charge >= 0.3 is 0 Å². The highest BCUT2D eigenvalue weighted by Gasteiger charge is 2.44. The Bertz CT molecular complexity index is 2770. The molecular formula is C69H88N6O11. The number of benzene rings is 6. The van der Waals surface area contributed by atoms with E-state index in [2.05, 4.69) is 122 Å². The van der Waals surface area contributed by atoms with Crippen LogP contribution < -0.4 is 44.4 Å². The first-order chi connectivity index (χ1) is 41.1. The normalized spacial score (nSPS) is 23.4. The zero-order valence-corrected chi connectivity index (χ0v) is 50.7. The number of nitrogens with one attached hydrogen (secondary N) is 3. The number of para-hydroxylation sites is 3. The van der Waals surface area contributed by atoms with Gasteiger partial charge in [0.25, 0.3) is 17.7 Å². The molecule has 0 radical (unpaired) electrons. The maximum Gasteiger partial charge on any atom is 0.255 e. The average molecular weight is 1180 g/mol. The predicted octanol–water partition coefficient (Wildman–Crippen LogP) is 9.24. The molecule has 0 saturated carbocycles. The lowest BCUT2D eigenvalue weighted by Crippen LogP contribution is -2.50. The highest BCUT2D eigenvalue weighted by molar-refractivity contribution is 5.99. The standard InChI is InChI=1S/3C23H28N2O3.2H2O/c3*1-27-21-10-6-9-20(22(21)28-2)23(26)24-17-13-18-11-12-19(14-17)25(18)15-16-7-4-3-5-8-16;;/h3*3-10,17-19H,11-15H2,1-2H3,(H,24,26);2*1H2. The van der Waals surface area contributed by atoms with Crippen molar-refractivity contribution in [1.29, 1.82) is 0 Å². The fourth-order valence-electron chi connectivity index (χ4n) is 14.3. The summed E-state index contributed by atoms with van der Waals surface area (Å²) < 4.78 is 32.2. The number of piperidine rings is 3. The molecule has 7 N–H and O–H groups in total. The molecule has 0 aliphatic carbocycles. The molecule has 12 rings (SSSR count). The summed E-state index contributed by atoms with van der Waals surface area (Å²) in [5, 5.41) is 9.74. The van der Waals surface area contributed by atoms with Crippen molar-refractivity contribution in [2.45, 2.75) is 151 Å². The van der Waals surface area contributed by atoms with Crippen molar-refractivity contribution in [3.63, 3.8) is 0 Å². The van der Waals surface area contributed by atoms with E-state index in [1.807, 2.05) is 18.2 Å². The van der Waals surface area contributed by atoms with Gasteiger partial charge in [0.05, 0.1) is 59.3 Å². The van der Waals surface area contributed by atoms with Gasteiger partial charge in [0.15, 0.2) is 34.5 Å². The van der Waals surface area contributed by atoms with Gasteiger partial charge in [0.2, 0.25) is 0 Å². The molecule has 6 aromatic carbocycles. The minimum absolute atomic E-state index is 0. The average Bonchev–Trinajstić information content (AvgIpc) is 2.66. The van der Waals surface area contributed by atoms with Crippen LogP contribution in [0.2, 0.25) is 0 Å². The Morgan fingerprint density at radius 2 is 0.570 bits per heavy atom. The number of ether oxygens (including phenoxy) is 6. The Hall–Kier alpha value is -7.67. The summed E-state index contributed by atoms with van der Waals surface area (Å²) in [6.07, 6.45) is 13.3. The second kappa shape index (κ2) is 30.6. The number of fused-ring (bicyclic) bond motifs is 6. The first kappa shape index (κ1) is 64.3. The molecule has 17 heteroatoms. The summed E-state index contributed by atoms with van der Waals surface area (Å²) in [7, 11) is 9.45. The monoisotopic (exact) mass is 1180 g/mol. The van der Waals surface area contributed by atoms with Crippen molar-refractivity contribution in [2.75, 3.05) is 42.7 Å². The lowest BCUT2D eigenvalue weighted by molar-refractivity contribution is 0.0817. The number of nitrogens with zero attached hydrogens (tertiary/aromatic N) is 3. The topological polar surface area (TPSA) is 215 Å². The third-order valence-electron chi connectivity index (χ3n) is 18.2. The Morgan fingerprint density at radius 3 is 0.779 bits per heavy atom. The van der Waals surface area contributed by atoms with Crippen molar-refractivity contribution in [3.05, 3.63) is 179 Å². The molecule has 86 heavy (non-hydrogen) atoms. The van der Waals surface area contributed by atoms with Crippen LogP contribution in [-0.4, -0.2) is 140 Å². The van der Waals surface area contributed by atoms with Gasteiger partial charge in [-0.25, -0.2) is 0 Å². The highest BCUT2D eigenvalue weighted by Crippen LogP contribution is 2.41. The third kappa shape index (κ3) is 15.1. The number of hydrogen-bond acceptors (Lipinski definition) is 12. The smallest absolute Gasteiger partial charge is 0.255 e. The summed E-state index contributed by atoms with van der Waals surface area (Å²) in [5.74, 6) is 2.95. The molecule has 6 aromatic rings. The van der Waals surface area contributed by atoms with Crippen LogP contribution in [0, 0.1) is 0 Å². The summed E-state index contributed by atoms with van der Waals surface area (Å²) in [4.78, 5) is 46.6. The lowest BCUT2D eigenvalue weighted by atomic mass is 9.96. The van der Waals surface area contributed by atoms with Crippen molar-refractivity contribution >= 4 is 17.7 Å². The number of carbonyl (C=O) groups excluding carboxylic acids is 3. The SMILES string of the molecule is COc1cccc(C(=O)NC2CC3CCC(C2)N3Cc2ccccc2)c1OC.COc1cccc(C(=O)NC2CC3CCC(C2)N3Cc2ccccc2)c1OC.COc1cccc(C(=O)NC2CC3CCC(C2)N3Cc2ccccc2)c1OC.O.O. The Kier molecular flexibility index (Phi) is 22.9. The molecular weight excluding hydrogens is 1090 g/mol. The first-order valence-corrected chi connectivity index (χ1v) is 30.0. The van der Waals surface area contributed by atoms with E-state index in [1.54, 1.807) is 79.1 Å². The molecule has 17 nitrogen and oxygen atoms in total. The van der Waals surface area contributed by atoms with Crippen molar-refractivity contribution in [1.82, 2.24) is 30.7 Å². The molecule has 0 aromatic heterocycles. The predicted molar refractivity (Wildman–Crippen MR) is 334 cm³/mol. The molecule has 6 fully saturated rings. The molecule has 6 aliphatic heterocycles. The molecule has 6 saturated heterocycles. The van der Waals surface area contributed by atoms with Gasteiger partial charge in [-0.3, -0.25) is 29.1 Å². The Balaban J connectivity index is 0.000000166. The fourth-order valence-corrected chi connectivity index (χ4v) is 14.3. The lowest BCUT2D eigenvalue weighted by Gasteiger charge is -2.39. The Labute approximate surface area is 507 Å².